The van der Waals surface area contributed by atoms with Crippen LogP contribution in [0.3, 0.4) is 0 Å². The van der Waals surface area contributed by atoms with Crippen molar-refractivity contribution in [1.29, 1.82) is 0 Å². The SMILES string of the molecule is CC1CN(C(=O)c2cn(CCN)cn2)CC1N(C)C. The first-order valence-corrected chi connectivity index (χ1v) is 6.70. The second kappa shape index (κ2) is 5.71. The van der Waals surface area contributed by atoms with E-state index in [2.05, 4.69) is 30.9 Å². The monoisotopic (exact) mass is 265 g/mol. The Hall–Kier alpha value is -1.40. The summed E-state index contributed by atoms with van der Waals surface area (Å²) in [6.45, 7) is 5.00. The molecule has 2 unspecified atom stereocenters. The molecule has 1 saturated heterocycles. The van der Waals surface area contributed by atoms with E-state index >= 15 is 0 Å². The summed E-state index contributed by atoms with van der Waals surface area (Å²) < 4.78 is 1.86. The molecule has 0 bridgehead atoms. The largest absolute Gasteiger partial charge is 0.335 e. The molecule has 6 heteroatoms. The Balaban J connectivity index is 2.04. The Morgan fingerprint density at radius 2 is 2.26 bits per heavy atom. The Bertz CT molecular complexity index is 442. The first kappa shape index (κ1) is 14.0. The number of likely N-dealkylation sites (N-methyl/N-ethyl adjacent to an activating group) is 1. The third kappa shape index (κ3) is 2.96. The number of carbonyl (C=O) groups excluding carboxylic acids is 1. The Morgan fingerprint density at radius 3 is 2.84 bits per heavy atom. The van der Waals surface area contributed by atoms with E-state index in [1.54, 1.807) is 12.5 Å². The van der Waals surface area contributed by atoms with Crippen LogP contribution in [0.15, 0.2) is 12.5 Å². The van der Waals surface area contributed by atoms with E-state index in [0.29, 0.717) is 30.7 Å². The molecule has 1 amide bonds. The van der Waals surface area contributed by atoms with E-state index in [4.69, 9.17) is 5.73 Å². The summed E-state index contributed by atoms with van der Waals surface area (Å²) in [6, 6.07) is 0.426. The van der Waals surface area contributed by atoms with Gasteiger partial charge in [-0.3, -0.25) is 4.79 Å². The van der Waals surface area contributed by atoms with Crippen molar-refractivity contribution in [2.24, 2.45) is 11.7 Å². The summed E-state index contributed by atoms with van der Waals surface area (Å²) in [5.41, 5.74) is 6.00. The average molecular weight is 265 g/mol. The highest BCUT2D eigenvalue weighted by atomic mass is 16.2. The summed E-state index contributed by atoms with van der Waals surface area (Å²) in [5, 5.41) is 0. The number of nitrogens with zero attached hydrogens (tertiary/aromatic N) is 4. The fourth-order valence-corrected chi connectivity index (χ4v) is 2.69. The van der Waals surface area contributed by atoms with Gasteiger partial charge >= 0.3 is 0 Å². The maximum atomic E-state index is 12.4. The van der Waals surface area contributed by atoms with Gasteiger partial charge in [0.1, 0.15) is 5.69 Å². The van der Waals surface area contributed by atoms with Gasteiger partial charge in [0.25, 0.3) is 5.91 Å². The molecule has 1 fully saturated rings. The number of hydrogen-bond acceptors (Lipinski definition) is 4. The number of rotatable bonds is 4. The summed E-state index contributed by atoms with van der Waals surface area (Å²) in [7, 11) is 4.12. The number of imidazole rings is 1. The zero-order valence-electron chi connectivity index (χ0n) is 11.9. The topological polar surface area (TPSA) is 67.4 Å². The third-order valence-electron chi connectivity index (χ3n) is 3.76. The third-order valence-corrected chi connectivity index (χ3v) is 3.76. The number of hydrogen-bond donors (Lipinski definition) is 1. The predicted molar refractivity (Wildman–Crippen MR) is 73.8 cm³/mol. The molecule has 0 radical (unpaired) electrons. The molecule has 1 aromatic heterocycles. The van der Waals surface area contributed by atoms with Crippen molar-refractivity contribution >= 4 is 5.91 Å². The van der Waals surface area contributed by atoms with Gasteiger partial charge in [0.2, 0.25) is 0 Å². The van der Waals surface area contributed by atoms with Crippen molar-refractivity contribution < 1.29 is 4.79 Å². The molecule has 2 heterocycles. The molecule has 0 aliphatic carbocycles. The quantitative estimate of drug-likeness (QED) is 0.823. The number of nitrogens with two attached hydrogens (primary N) is 1. The fraction of sp³-hybridized carbons (Fsp3) is 0.692. The average Bonchev–Trinajstić information content (AvgIpc) is 2.95. The first-order valence-electron chi connectivity index (χ1n) is 6.70. The molecule has 6 nitrogen and oxygen atoms in total. The Kier molecular flexibility index (Phi) is 4.21. The molecule has 0 aromatic carbocycles. The second-order valence-corrected chi connectivity index (χ2v) is 5.50. The lowest BCUT2D eigenvalue weighted by Gasteiger charge is -2.22. The van der Waals surface area contributed by atoms with Gasteiger partial charge in [-0.25, -0.2) is 4.98 Å². The molecular weight excluding hydrogens is 242 g/mol. The van der Waals surface area contributed by atoms with Crippen LogP contribution in [0.4, 0.5) is 0 Å². The van der Waals surface area contributed by atoms with Crippen molar-refractivity contribution in [3.8, 4) is 0 Å². The van der Waals surface area contributed by atoms with Crippen LogP contribution in [0, 0.1) is 5.92 Å². The van der Waals surface area contributed by atoms with Crippen LogP contribution in [-0.2, 0) is 6.54 Å². The van der Waals surface area contributed by atoms with Gasteiger partial charge in [0.15, 0.2) is 0 Å². The molecule has 1 aliphatic rings. The van der Waals surface area contributed by atoms with Crippen LogP contribution in [0.1, 0.15) is 17.4 Å². The highest BCUT2D eigenvalue weighted by molar-refractivity contribution is 5.92. The number of aromatic nitrogens is 2. The van der Waals surface area contributed by atoms with Crippen LogP contribution in [0.25, 0.3) is 0 Å². The fourth-order valence-electron chi connectivity index (χ4n) is 2.69. The molecule has 19 heavy (non-hydrogen) atoms. The lowest BCUT2D eigenvalue weighted by molar-refractivity contribution is 0.0776. The van der Waals surface area contributed by atoms with E-state index < -0.39 is 0 Å². The minimum Gasteiger partial charge on any atom is -0.335 e. The second-order valence-electron chi connectivity index (χ2n) is 5.50. The molecule has 2 N–H and O–H groups in total. The maximum Gasteiger partial charge on any atom is 0.274 e. The summed E-state index contributed by atoms with van der Waals surface area (Å²) in [6.07, 6.45) is 3.45. The maximum absolute atomic E-state index is 12.4. The van der Waals surface area contributed by atoms with Crippen molar-refractivity contribution in [3.63, 3.8) is 0 Å². The molecule has 0 saturated carbocycles. The lowest BCUT2D eigenvalue weighted by atomic mass is 10.1. The van der Waals surface area contributed by atoms with E-state index in [9.17, 15) is 4.79 Å². The Labute approximate surface area is 114 Å². The van der Waals surface area contributed by atoms with E-state index in [1.807, 2.05) is 9.47 Å². The van der Waals surface area contributed by atoms with Crippen molar-refractivity contribution in [2.75, 3.05) is 33.7 Å². The zero-order chi connectivity index (χ0) is 14.0. The van der Waals surface area contributed by atoms with Crippen LogP contribution in [-0.4, -0.2) is 65.0 Å². The standard InChI is InChI=1S/C13H23N5O/c1-10-6-18(8-12(10)16(2)3)13(19)11-7-17(5-4-14)9-15-11/h7,9-10,12H,4-6,8,14H2,1-3H3. The highest BCUT2D eigenvalue weighted by Gasteiger charge is 2.34. The summed E-state index contributed by atoms with van der Waals surface area (Å²) in [5.74, 6) is 0.511. The van der Waals surface area contributed by atoms with E-state index in [1.165, 1.54) is 0 Å². The van der Waals surface area contributed by atoms with Crippen molar-refractivity contribution in [3.05, 3.63) is 18.2 Å². The smallest absolute Gasteiger partial charge is 0.274 e. The molecule has 2 atom stereocenters. The molecule has 106 valence electrons. The minimum absolute atomic E-state index is 0.0203. The zero-order valence-corrected chi connectivity index (χ0v) is 11.9. The molecule has 1 aromatic rings. The normalized spacial score (nSPS) is 23.3. The first-order chi connectivity index (χ1) is 9.02. The van der Waals surface area contributed by atoms with Crippen molar-refractivity contribution in [1.82, 2.24) is 19.4 Å². The van der Waals surface area contributed by atoms with Gasteiger partial charge < -0.3 is 20.1 Å². The van der Waals surface area contributed by atoms with Gasteiger partial charge in [-0.1, -0.05) is 6.92 Å². The highest BCUT2D eigenvalue weighted by Crippen LogP contribution is 2.21. The van der Waals surface area contributed by atoms with Crippen LogP contribution < -0.4 is 5.73 Å². The number of likely N-dealkylation sites (tertiary alicyclic amines) is 1. The van der Waals surface area contributed by atoms with Gasteiger partial charge in [-0.15, -0.1) is 0 Å². The van der Waals surface area contributed by atoms with Crippen molar-refractivity contribution in [2.45, 2.75) is 19.5 Å². The number of amides is 1. The van der Waals surface area contributed by atoms with Crippen LogP contribution in [0.5, 0.6) is 0 Å². The summed E-state index contributed by atoms with van der Waals surface area (Å²) in [4.78, 5) is 20.6. The molecular formula is C13H23N5O. The molecule has 2 rings (SSSR count). The van der Waals surface area contributed by atoms with Gasteiger partial charge in [0, 0.05) is 38.4 Å². The lowest BCUT2D eigenvalue weighted by Crippen LogP contribution is -2.35. The Morgan fingerprint density at radius 1 is 1.53 bits per heavy atom. The van der Waals surface area contributed by atoms with Gasteiger partial charge in [-0.2, -0.15) is 0 Å². The summed E-state index contributed by atoms with van der Waals surface area (Å²) >= 11 is 0. The predicted octanol–water partition coefficient (Wildman–Crippen LogP) is -0.136. The van der Waals surface area contributed by atoms with Gasteiger partial charge in [0.05, 0.1) is 6.33 Å². The molecule has 1 aliphatic heterocycles. The van der Waals surface area contributed by atoms with Crippen LogP contribution >= 0.6 is 0 Å². The van der Waals surface area contributed by atoms with Gasteiger partial charge in [-0.05, 0) is 20.0 Å². The minimum atomic E-state index is 0.0203. The molecule has 0 spiro atoms. The number of carbonyl (C=O) groups is 1. The van der Waals surface area contributed by atoms with E-state index in [0.717, 1.165) is 13.1 Å². The van der Waals surface area contributed by atoms with E-state index in [-0.39, 0.29) is 5.91 Å². The van der Waals surface area contributed by atoms with Crippen LogP contribution in [0.2, 0.25) is 0 Å².